The van der Waals surface area contributed by atoms with Crippen LogP contribution in [0, 0.1) is 6.92 Å². The Kier molecular flexibility index (Phi) is 9.50. The molecule has 0 saturated carbocycles. The summed E-state index contributed by atoms with van der Waals surface area (Å²) in [6.45, 7) is 5.63. The van der Waals surface area contributed by atoms with Gasteiger partial charge in [0, 0.05) is 49.4 Å². The van der Waals surface area contributed by atoms with E-state index in [1.807, 2.05) is 36.1 Å². The lowest BCUT2D eigenvalue weighted by molar-refractivity contribution is 0.0521. The summed E-state index contributed by atoms with van der Waals surface area (Å²) >= 11 is 6.02. The molecule has 5 rings (SSSR count). The standard InChI is InChI=1S/C29H41ClN6O4S/c1-20-27(32-19-33-28(20)31-18-25-8-9-26(40-25)21-4-6-22(30)7-5-21)29(37)36-16-12-24(13-17-36)35-14-10-23(11-15-35)34(2)41(3,38)39/h4-7,19,23-26H,8-18H2,1-3H3,(H,31,32,33)/t25-,26-/m1/s1. The molecule has 41 heavy (non-hydrogen) atoms. The first-order chi connectivity index (χ1) is 19.6. The summed E-state index contributed by atoms with van der Waals surface area (Å²) in [5.41, 5.74) is 2.33. The zero-order chi connectivity index (χ0) is 29.1. The van der Waals surface area contributed by atoms with Gasteiger partial charge in [-0.15, -0.1) is 0 Å². The third kappa shape index (κ3) is 7.19. The average Bonchev–Trinajstić information content (AvgIpc) is 3.45. The number of nitrogens with one attached hydrogen (secondary N) is 1. The number of amides is 1. The molecule has 10 nitrogen and oxygen atoms in total. The molecule has 3 saturated heterocycles. The zero-order valence-corrected chi connectivity index (χ0v) is 25.7. The van der Waals surface area contributed by atoms with Gasteiger partial charge in [0.25, 0.3) is 5.91 Å². The molecule has 1 aromatic heterocycles. The number of rotatable bonds is 8. The molecule has 0 spiro atoms. The number of benzene rings is 1. The first-order valence-corrected chi connectivity index (χ1v) is 16.8. The minimum absolute atomic E-state index is 0.0556. The van der Waals surface area contributed by atoms with E-state index in [2.05, 4.69) is 20.2 Å². The lowest BCUT2D eigenvalue weighted by Crippen LogP contribution is -2.52. The normalized spacial score (nSPS) is 23.3. The van der Waals surface area contributed by atoms with Crippen LogP contribution in [0.4, 0.5) is 5.82 Å². The molecule has 2 aromatic rings. The minimum atomic E-state index is -3.17. The number of piperidine rings is 2. The number of sulfonamides is 1. The first kappa shape index (κ1) is 30.2. The predicted molar refractivity (Wildman–Crippen MR) is 160 cm³/mol. The van der Waals surface area contributed by atoms with E-state index >= 15 is 0 Å². The van der Waals surface area contributed by atoms with E-state index in [4.69, 9.17) is 16.3 Å². The quantitative estimate of drug-likeness (QED) is 0.486. The van der Waals surface area contributed by atoms with Gasteiger partial charge in [0.15, 0.2) is 0 Å². The third-order valence-corrected chi connectivity index (χ3v) is 10.5. The van der Waals surface area contributed by atoms with E-state index in [9.17, 15) is 13.2 Å². The molecule has 1 amide bonds. The Labute approximate surface area is 248 Å². The molecular weight excluding hydrogens is 564 g/mol. The molecule has 0 aliphatic carbocycles. The summed E-state index contributed by atoms with van der Waals surface area (Å²) in [4.78, 5) is 26.6. The van der Waals surface area contributed by atoms with Crippen molar-refractivity contribution in [3.05, 3.63) is 52.4 Å². The van der Waals surface area contributed by atoms with Gasteiger partial charge < -0.3 is 19.9 Å². The number of hydrogen-bond acceptors (Lipinski definition) is 8. The van der Waals surface area contributed by atoms with Crippen LogP contribution in [-0.4, -0.2) is 103 Å². The van der Waals surface area contributed by atoms with Gasteiger partial charge in [-0.1, -0.05) is 23.7 Å². The molecular formula is C29H41ClN6O4S. The molecule has 2 atom stereocenters. The van der Waals surface area contributed by atoms with E-state index in [1.54, 1.807) is 7.05 Å². The van der Waals surface area contributed by atoms with Crippen LogP contribution < -0.4 is 5.32 Å². The van der Waals surface area contributed by atoms with Crippen molar-refractivity contribution < 1.29 is 17.9 Å². The molecule has 0 bridgehead atoms. The molecule has 0 radical (unpaired) electrons. The summed E-state index contributed by atoms with van der Waals surface area (Å²) in [7, 11) is -1.49. The summed E-state index contributed by atoms with van der Waals surface area (Å²) in [5, 5.41) is 4.11. The smallest absolute Gasteiger partial charge is 0.272 e. The van der Waals surface area contributed by atoms with E-state index in [-0.39, 0.29) is 24.2 Å². The van der Waals surface area contributed by atoms with Crippen LogP contribution in [0.5, 0.6) is 0 Å². The number of carbonyl (C=O) groups is 1. The molecule has 224 valence electrons. The number of ether oxygens (including phenoxy) is 1. The van der Waals surface area contributed by atoms with Gasteiger partial charge in [-0.2, -0.15) is 0 Å². The van der Waals surface area contributed by atoms with E-state index in [0.29, 0.717) is 37.2 Å². The topological polar surface area (TPSA) is 108 Å². The number of aromatic nitrogens is 2. The number of anilines is 1. The van der Waals surface area contributed by atoms with Gasteiger partial charge in [-0.05, 0) is 76.2 Å². The monoisotopic (exact) mass is 604 g/mol. The van der Waals surface area contributed by atoms with Crippen LogP contribution in [-0.2, 0) is 14.8 Å². The molecule has 0 unspecified atom stereocenters. The van der Waals surface area contributed by atoms with Crippen molar-refractivity contribution >= 4 is 33.3 Å². The number of halogens is 1. The van der Waals surface area contributed by atoms with E-state index in [0.717, 1.165) is 67.8 Å². The van der Waals surface area contributed by atoms with Crippen LogP contribution in [0.15, 0.2) is 30.6 Å². The third-order valence-electron chi connectivity index (χ3n) is 8.94. The van der Waals surface area contributed by atoms with Gasteiger partial charge in [-0.25, -0.2) is 22.7 Å². The Bertz CT molecular complexity index is 1310. The molecule has 3 aliphatic heterocycles. The van der Waals surface area contributed by atoms with Gasteiger partial charge in [0.2, 0.25) is 10.0 Å². The number of nitrogens with zero attached hydrogens (tertiary/aromatic N) is 5. The fourth-order valence-electron chi connectivity index (χ4n) is 6.30. The second-order valence-corrected chi connectivity index (χ2v) is 14.0. The molecule has 4 heterocycles. The van der Waals surface area contributed by atoms with Crippen molar-refractivity contribution in [3.63, 3.8) is 0 Å². The van der Waals surface area contributed by atoms with Crippen LogP contribution in [0.25, 0.3) is 0 Å². The van der Waals surface area contributed by atoms with Crippen LogP contribution >= 0.6 is 11.6 Å². The van der Waals surface area contributed by atoms with Crippen molar-refractivity contribution in [2.24, 2.45) is 0 Å². The number of carbonyl (C=O) groups excluding carboxylic acids is 1. The fourth-order valence-corrected chi connectivity index (χ4v) is 7.18. The van der Waals surface area contributed by atoms with Crippen LogP contribution in [0.1, 0.15) is 66.2 Å². The number of likely N-dealkylation sites (tertiary alicyclic amines) is 2. The van der Waals surface area contributed by atoms with E-state index < -0.39 is 10.0 Å². The summed E-state index contributed by atoms with van der Waals surface area (Å²) in [6.07, 6.45) is 8.22. The highest BCUT2D eigenvalue weighted by Crippen LogP contribution is 2.33. The highest BCUT2D eigenvalue weighted by molar-refractivity contribution is 7.88. The van der Waals surface area contributed by atoms with Crippen LogP contribution in [0.3, 0.4) is 0 Å². The first-order valence-electron chi connectivity index (χ1n) is 14.5. The molecule has 3 aliphatic rings. The van der Waals surface area contributed by atoms with E-state index in [1.165, 1.54) is 16.9 Å². The fraction of sp³-hybridized carbons (Fsp3) is 0.621. The summed E-state index contributed by atoms with van der Waals surface area (Å²) in [5.74, 6) is 0.610. The van der Waals surface area contributed by atoms with Gasteiger partial charge in [0.05, 0.1) is 18.5 Å². The highest BCUT2D eigenvalue weighted by atomic mass is 35.5. The summed E-state index contributed by atoms with van der Waals surface area (Å²) < 4.78 is 31.6. The van der Waals surface area contributed by atoms with Crippen molar-refractivity contribution in [1.82, 2.24) is 24.1 Å². The Morgan fingerprint density at radius 3 is 2.39 bits per heavy atom. The Morgan fingerprint density at radius 1 is 1.05 bits per heavy atom. The van der Waals surface area contributed by atoms with Crippen LogP contribution in [0.2, 0.25) is 5.02 Å². The Hall–Kier alpha value is -2.31. The number of hydrogen-bond donors (Lipinski definition) is 1. The lowest BCUT2D eigenvalue weighted by atomic mass is 9.97. The maximum absolute atomic E-state index is 13.4. The van der Waals surface area contributed by atoms with Gasteiger partial charge >= 0.3 is 0 Å². The highest BCUT2D eigenvalue weighted by Gasteiger charge is 2.33. The van der Waals surface area contributed by atoms with Crippen molar-refractivity contribution in [2.45, 2.75) is 69.7 Å². The van der Waals surface area contributed by atoms with Crippen molar-refractivity contribution in [3.8, 4) is 0 Å². The zero-order valence-electron chi connectivity index (χ0n) is 24.1. The molecule has 1 N–H and O–H groups in total. The maximum atomic E-state index is 13.4. The molecule has 12 heteroatoms. The van der Waals surface area contributed by atoms with Crippen molar-refractivity contribution in [2.75, 3.05) is 51.3 Å². The Morgan fingerprint density at radius 2 is 1.73 bits per heavy atom. The maximum Gasteiger partial charge on any atom is 0.272 e. The van der Waals surface area contributed by atoms with Gasteiger partial charge in [-0.3, -0.25) is 4.79 Å². The SMILES string of the molecule is Cc1c(NC[C@H]2CC[C@H](c3ccc(Cl)cc3)O2)ncnc1C(=O)N1CCC(N2CCC(N(C)S(C)(=O)=O)CC2)CC1. The predicted octanol–water partition coefficient (Wildman–Crippen LogP) is 3.73. The largest absolute Gasteiger partial charge is 0.368 e. The van der Waals surface area contributed by atoms with Crippen molar-refractivity contribution in [1.29, 1.82) is 0 Å². The lowest BCUT2D eigenvalue weighted by Gasteiger charge is -2.43. The van der Waals surface area contributed by atoms with Gasteiger partial charge in [0.1, 0.15) is 17.8 Å². The summed E-state index contributed by atoms with van der Waals surface area (Å²) in [6, 6.07) is 8.29. The second kappa shape index (κ2) is 12.9. The average molecular weight is 605 g/mol. The second-order valence-electron chi connectivity index (χ2n) is 11.5. The minimum Gasteiger partial charge on any atom is -0.368 e. The molecule has 3 fully saturated rings. The Balaban J connectivity index is 1.10. The molecule has 1 aromatic carbocycles.